The topological polar surface area (TPSA) is 24.5 Å². The van der Waals surface area contributed by atoms with Crippen LogP contribution in [-0.4, -0.2) is 20.6 Å². The van der Waals surface area contributed by atoms with Crippen molar-refractivity contribution in [1.29, 1.82) is 0 Å². The summed E-state index contributed by atoms with van der Waals surface area (Å²) in [6.07, 6.45) is 0. The van der Waals surface area contributed by atoms with Gasteiger partial charge in [-0.2, -0.15) is 0 Å². The average Bonchev–Trinajstić information content (AvgIpc) is 2.48. The summed E-state index contributed by atoms with van der Waals surface area (Å²) in [5.74, 6) is 1.71. The highest BCUT2D eigenvalue weighted by atomic mass is 16.5. The van der Waals surface area contributed by atoms with Gasteiger partial charge in [-0.25, -0.2) is 0 Å². The molecule has 0 radical (unpaired) electrons. The normalized spacial score (nSPS) is 12.0. The minimum atomic E-state index is 0.362. The van der Waals surface area contributed by atoms with E-state index in [1.807, 2.05) is 44.4 Å². The zero-order chi connectivity index (χ0) is 15.2. The smallest absolute Gasteiger partial charge is 0.129 e. The maximum atomic E-state index is 5.92. The van der Waals surface area contributed by atoms with Crippen LogP contribution in [0.15, 0.2) is 48.5 Å². The summed E-state index contributed by atoms with van der Waals surface area (Å²) in [4.78, 5) is 2.06. The third-order valence-electron chi connectivity index (χ3n) is 3.46. The Bertz CT molecular complexity index is 564. The number of nitrogens with one attached hydrogen (secondary N) is 1. The first-order valence-electron chi connectivity index (χ1n) is 7.38. The molecule has 0 amide bonds. The van der Waals surface area contributed by atoms with E-state index >= 15 is 0 Å². The zero-order valence-electron chi connectivity index (χ0n) is 13.3. The van der Waals surface area contributed by atoms with Gasteiger partial charge < -0.3 is 15.0 Å². The molecule has 1 N–H and O–H groups in total. The van der Waals surface area contributed by atoms with Gasteiger partial charge in [-0.05, 0) is 43.3 Å². The molecule has 2 aromatic rings. The summed E-state index contributed by atoms with van der Waals surface area (Å²) >= 11 is 0. The van der Waals surface area contributed by atoms with Crippen molar-refractivity contribution in [2.75, 3.05) is 25.5 Å². The van der Waals surface area contributed by atoms with E-state index in [1.54, 1.807) is 0 Å². The second kappa shape index (κ2) is 7.14. The second-order valence-corrected chi connectivity index (χ2v) is 5.34. The van der Waals surface area contributed by atoms with Crippen molar-refractivity contribution in [3.8, 4) is 11.5 Å². The molecule has 2 aromatic carbocycles. The minimum absolute atomic E-state index is 0.362. The van der Waals surface area contributed by atoms with E-state index in [2.05, 4.69) is 42.3 Å². The zero-order valence-corrected chi connectivity index (χ0v) is 13.3. The van der Waals surface area contributed by atoms with Gasteiger partial charge in [-0.3, -0.25) is 0 Å². The third kappa shape index (κ3) is 4.23. The maximum Gasteiger partial charge on any atom is 0.129 e. The molecule has 112 valence electrons. The molecular formula is C18H24N2O. The molecule has 0 aliphatic rings. The fraction of sp³-hybridized carbons (Fsp3) is 0.333. The lowest BCUT2D eigenvalue weighted by atomic mass is 10.1. The molecule has 3 heteroatoms. The first-order valence-corrected chi connectivity index (χ1v) is 7.38. The maximum absolute atomic E-state index is 5.92. The molecular weight excluding hydrogens is 260 g/mol. The highest BCUT2D eigenvalue weighted by Gasteiger charge is 2.04. The number of anilines is 1. The van der Waals surface area contributed by atoms with E-state index in [0.717, 1.165) is 23.7 Å². The number of rotatable bonds is 6. The van der Waals surface area contributed by atoms with Gasteiger partial charge in [0.25, 0.3) is 0 Å². The summed E-state index contributed by atoms with van der Waals surface area (Å²) in [5.41, 5.74) is 2.40. The lowest BCUT2D eigenvalue weighted by molar-refractivity contribution is 0.482. The Labute approximate surface area is 127 Å². The average molecular weight is 284 g/mol. The molecule has 0 bridgehead atoms. The minimum Gasteiger partial charge on any atom is -0.457 e. The van der Waals surface area contributed by atoms with Crippen molar-refractivity contribution in [1.82, 2.24) is 5.32 Å². The van der Waals surface area contributed by atoms with Crippen LogP contribution in [0.3, 0.4) is 0 Å². The largest absolute Gasteiger partial charge is 0.457 e. The van der Waals surface area contributed by atoms with Crippen LogP contribution in [0, 0.1) is 0 Å². The van der Waals surface area contributed by atoms with Crippen LogP contribution >= 0.6 is 0 Å². The Morgan fingerprint density at radius 3 is 2.38 bits per heavy atom. The van der Waals surface area contributed by atoms with Crippen molar-refractivity contribution in [3.05, 3.63) is 54.1 Å². The van der Waals surface area contributed by atoms with E-state index in [0.29, 0.717) is 6.04 Å². The van der Waals surface area contributed by atoms with Crippen LogP contribution < -0.4 is 15.0 Å². The van der Waals surface area contributed by atoms with Crippen LogP contribution in [0.2, 0.25) is 0 Å². The van der Waals surface area contributed by atoms with Crippen molar-refractivity contribution < 1.29 is 4.74 Å². The number of ether oxygens (including phenoxy) is 1. The highest BCUT2D eigenvalue weighted by molar-refractivity contribution is 5.50. The van der Waals surface area contributed by atoms with Gasteiger partial charge in [0, 0.05) is 31.9 Å². The molecule has 0 aliphatic carbocycles. The highest BCUT2D eigenvalue weighted by Crippen LogP contribution is 2.26. The fourth-order valence-corrected chi connectivity index (χ4v) is 2.21. The summed E-state index contributed by atoms with van der Waals surface area (Å²) in [6, 6.07) is 16.7. The predicted molar refractivity (Wildman–Crippen MR) is 89.4 cm³/mol. The molecule has 0 aromatic heterocycles. The van der Waals surface area contributed by atoms with Gasteiger partial charge in [0.1, 0.15) is 11.5 Å². The van der Waals surface area contributed by atoms with Crippen LogP contribution in [0.4, 0.5) is 5.69 Å². The summed E-state index contributed by atoms with van der Waals surface area (Å²) in [5, 5.41) is 3.40. The molecule has 21 heavy (non-hydrogen) atoms. The van der Waals surface area contributed by atoms with Crippen molar-refractivity contribution in [2.24, 2.45) is 0 Å². The van der Waals surface area contributed by atoms with Gasteiger partial charge in [-0.15, -0.1) is 0 Å². The summed E-state index contributed by atoms with van der Waals surface area (Å²) in [6.45, 7) is 5.25. The van der Waals surface area contributed by atoms with Crippen LogP contribution in [-0.2, 0) is 0 Å². The standard InChI is InChI=1S/C18H24N2O/c1-5-19-14(2)15-9-11-17(12-10-15)21-18-8-6-7-16(13-18)20(3)4/h6-14,19H,5H2,1-4H3. The first kappa shape index (κ1) is 15.4. The molecule has 0 fully saturated rings. The molecule has 0 saturated heterocycles. The van der Waals surface area contributed by atoms with Crippen molar-refractivity contribution in [3.63, 3.8) is 0 Å². The lowest BCUT2D eigenvalue weighted by Crippen LogP contribution is -2.17. The van der Waals surface area contributed by atoms with Gasteiger partial charge in [0.15, 0.2) is 0 Å². The predicted octanol–water partition coefficient (Wildman–Crippen LogP) is 4.22. The lowest BCUT2D eigenvalue weighted by Gasteiger charge is -2.15. The molecule has 0 aliphatic heterocycles. The molecule has 3 nitrogen and oxygen atoms in total. The Balaban J connectivity index is 2.08. The third-order valence-corrected chi connectivity index (χ3v) is 3.46. The molecule has 0 spiro atoms. The monoisotopic (exact) mass is 284 g/mol. The Kier molecular flexibility index (Phi) is 5.23. The Morgan fingerprint density at radius 2 is 1.76 bits per heavy atom. The van der Waals surface area contributed by atoms with Gasteiger partial charge >= 0.3 is 0 Å². The van der Waals surface area contributed by atoms with E-state index in [9.17, 15) is 0 Å². The Morgan fingerprint density at radius 1 is 1.05 bits per heavy atom. The first-order chi connectivity index (χ1) is 10.1. The molecule has 0 heterocycles. The Hall–Kier alpha value is -2.00. The van der Waals surface area contributed by atoms with Crippen molar-refractivity contribution >= 4 is 5.69 Å². The molecule has 1 unspecified atom stereocenters. The number of hydrogen-bond donors (Lipinski definition) is 1. The van der Waals surface area contributed by atoms with Crippen molar-refractivity contribution in [2.45, 2.75) is 19.9 Å². The molecule has 0 saturated carbocycles. The van der Waals surface area contributed by atoms with Gasteiger partial charge in [0.05, 0.1) is 0 Å². The molecule has 1 atom stereocenters. The molecule has 2 rings (SSSR count). The van der Waals surface area contributed by atoms with Crippen LogP contribution in [0.25, 0.3) is 0 Å². The number of hydrogen-bond acceptors (Lipinski definition) is 3. The SMILES string of the molecule is CCNC(C)c1ccc(Oc2cccc(N(C)C)c2)cc1. The number of nitrogens with zero attached hydrogens (tertiary/aromatic N) is 1. The number of benzene rings is 2. The second-order valence-electron chi connectivity index (χ2n) is 5.34. The van der Waals surface area contributed by atoms with E-state index in [-0.39, 0.29) is 0 Å². The van der Waals surface area contributed by atoms with E-state index < -0.39 is 0 Å². The van der Waals surface area contributed by atoms with Gasteiger partial charge in [-0.1, -0.05) is 25.1 Å². The van der Waals surface area contributed by atoms with E-state index in [1.165, 1.54) is 5.56 Å². The fourth-order valence-electron chi connectivity index (χ4n) is 2.21. The summed E-state index contributed by atoms with van der Waals surface area (Å²) < 4.78 is 5.92. The van der Waals surface area contributed by atoms with E-state index in [4.69, 9.17) is 4.74 Å². The van der Waals surface area contributed by atoms with Crippen LogP contribution in [0.5, 0.6) is 11.5 Å². The van der Waals surface area contributed by atoms with Crippen LogP contribution in [0.1, 0.15) is 25.5 Å². The summed E-state index contributed by atoms with van der Waals surface area (Å²) in [7, 11) is 4.05. The van der Waals surface area contributed by atoms with Gasteiger partial charge in [0.2, 0.25) is 0 Å². The quantitative estimate of drug-likeness (QED) is 0.859.